The predicted octanol–water partition coefficient (Wildman–Crippen LogP) is 4.49. The van der Waals surface area contributed by atoms with E-state index in [-0.39, 0.29) is 5.92 Å². The lowest BCUT2D eigenvalue weighted by atomic mass is 9.82. The Morgan fingerprint density at radius 2 is 1.61 bits per heavy atom. The number of benzene rings is 2. The summed E-state index contributed by atoms with van der Waals surface area (Å²) in [5, 5.41) is 10.1. The highest BCUT2D eigenvalue weighted by Crippen LogP contribution is 2.37. The van der Waals surface area contributed by atoms with Gasteiger partial charge in [-0.1, -0.05) is 61.9 Å². The summed E-state index contributed by atoms with van der Waals surface area (Å²) in [7, 11) is 0. The highest BCUT2D eigenvalue weighted by atomic mass is 16.3. The second-order valence-corrected chi connectivity index (χ2v) is 5.19. The standard InChI is InChI=1S/C17H20O/c1-12(2)17(14-7-5-4-6-8-14)15-11-13(3)9-10-16(15)18/h4-12,17-18H,1-3H3. The van der Waals surface area contributed by atoms with Gasteiger partial charge in [0.05, 0.1) is 0 Å². The molecule has 0 fully saturated rings. The Morgan fingerprint density at radius 3 is 2.22 bits per heavy atom. The highest BCUT2D eigenvalue weighted by molar-refractivity contribution is 5.43. The van der Waals surface area contributed by atoms with Crippen molar-refractivity contribution in [2.24, 2.45) is 5.92 Å². The van der Waals surface area contributed by atoms with Crippen molar-refractivity contribution < 1.29 is 5.11 Å². The van der Waals surface area contributed by atoms with Gasteiger partial charge in [-0.25, -0.2) is 0 Å². The third kappa shape index (κ3) is 2.56. The first-order valence-electron chi connectivity index (χ1n) is 6.44. The van der Waals surface area contributed by atoms with Gasteiger partial charge in [0.2, 0.25) is 0 Å². The Morgan fingerprint density at radius 1 is 0.944 bits per heavy atom. The minimum absolute atomic E-state index is 0.242. The fourth-order valence-corrected chi connectivity index (χ4v) is 2.51. The molecule has 0 aliphatic heterocycles. The molecule has 0 heterocycles. The van der Waals surface area contributed by atoms with Gasteiger partial charge in [0.25, 0.3) is 0 Å². The molecule has 0 radical (unpaired) electrons. The van der Waals surface area contributed by atoms with Crippen LogP contribution in [0.4, 0.5) is 0 Å². The number of aromatic hydroxyl groups is 1. The summed E-state index contributed by atoms with van der Waals surface area (Å²) in [6.07, 6.45) is 0. The molecule has 1 nitrogen and oxygen atoms in total. The SMILES string of the molecule is Cc1ccc(O)c(C(c2ccccc2)C(C)C)c1. The average Bonchev–Trinajstić information content (AvgIpc) is 2.35. The van der Waals surface area contributed by atoms with Crippen molar-refractivity contribution in [3.8, 4) is 5.75 Å². The zero-order chi connectivity index (χ0) is 13.1. The second kappa shape index (κ2) is 5.26. The fraction of sp³-hybridized carbons (Fsp3) is 0.294. The smallest absolute Gasteiger partial charge is 0.119 e. The van der Waals surface area contributed by atoms with Gasteiger partial charge in [-0.15, -0.1) is 0 Å². The Hall–Kier alpha value is -1.76. The zero-order valence-electron chi connectivity index (χ0n) is 11.2. The van der Waals surface area contributed by atoms with E-state index >= 15 is 0 Å². The molecule has 0 saturated heterocycles. The van der Waals surface area contributed by atoms with Crippen molar-refractivity contribution in [3.05, 3.63) is 65.2 Å². The van der Waals surface area contributed by atoms with E-state index < -0.39 is 0 Å². The van der Waals surface area contributed by atoms with E-state index in [1.165, 1.54) is 11.1 Å². The number of aryl methyl sites for hydroxylation is 1. The normalized spacial score (nSPS) is 12.7. The second-order valence-electron chi connectivity index (χ2n) is 5.19. The van der Waals surface area contributed by atoms with E-state index in [1.54, 1.807) is 6.07 Å². The van der Waals surface area contributed by atoms with Gasteiger partial charge in [-0.3, -0.25) is 0 Å². The van der Waals surface area contributed by atoms with E-state index in [0.29, 0.717) is 11.7 Å². The Kier molecular flexibility index (Phi) is 3.71. The Bertz CT molecular complexity index is 514. The molecule has 2 aromatic rings. The summed E-state index contributed by atoms with van der Waals surface area (Å²) in [6.45, 7) is 6.45. The minimum atomic E-state index is 0.242. The van der Waals surface area contributed by atoms with Gasteiger partial charge in [0.1, 0.15) is 5.75 Å². The number of phenols is 1. The summed E-state index contributed by atoms with van der Waals surface area (Å²) in [4.78, 5) is 0. The molecule has 0 aliphatic rings. The Labute approximate surface area is 109 Å². The number of hydrogen-bond acceptors (Lipinski definition) is 1. The lowest BCUT2D eigenvalue weighted by Gasteiger charge is -2.23. The number of phenolic OH excluding ortho intramolecular Hbond substituents is 1. The van der Waals surface area contributed by atoms with Crippen molar-refractivity contribution in [2.75, 3.05) is 0 Å². The number of hydrogen-bond donors (Lipinski definition) is 1. The molecule has 2 aromatic carbocycles. The highest BCUT2D eigenvalue weighted by Gasteiger charge is 2.20. The summed E-state index contributed by atoms with van der Waals surface area (Å²) in [5.74, 6) is 1.08. The maximum atomic E-state index is 10.1. The molecule has 18 heavy (non-hydrogen) atoms. The van der Waals surface area contributed by atoms with Crippen molar-refractivity contribution >= 4 is 0 Å². The van der Waals surface area contributed by atoms with Crippen LogP contribution in [0.3, 0.4) is 0 Å². The lowest BCUT2D eigenvalue weighted by Crippen LogP contribution is -2.09. The van der Waals surface area contributed by atoms with Gasteiger partial charge in [0.15, 0.2) is 0 Å². The largest absolute Gasteiger partial charge is 0.508 e. The van der Waals surface area contributed by atoms with Gasteiger partial charge in [-0.05, 0) is 24.5 Å². The summed E-state index contributed by atoms with van der Waals surface area (Å²) in [6, 6.07) is 16.2. The van der Waals surface area contributed by atoms with Gasteiger partial charge in [-0.2, -0.15) is 0 Å². The molecule has 1 N–H and O–H groups in total. The molecule has 1 heteroatoms. The summed E-state index contributed by atoms with van der Waals surface area (Å²) < 4.78 is 0. The molecule has 2 rings (SSSR count). The molecule has 0 saturated carbocycles. The van der Waals surface area contributed by atoms with Gasteiger partial charge >= 0.3 is 0 Å². The fourth-order valence-electron chi connectivity index (χ4n) is 2.51. The first-order valence-corrected chi connectivity index (χ1v) is 6.44. The van der Waals surface area contributed by atoms with Crippen LogP contribution in [-0.4, -0.2) is 5.11 Å². The maximum Gasteiger partial charge on any atom is 0.119 e. The van der Waals surface area contributed by atoms with Crippen molar-refractivity contribution in [2.45, 2.75) is 26.7 Å². The number of rotatable bonds is 3. The van der Waals surface area contributed by atoms with E-state index in [4.69, 9.17) is 0 Å². The molecule has 1 atom stereocenters. The van der Waals surface area contributed by atoms with Crippen LogP contribution in [0.15, 0.2) is 48.5 Å². The van der Waals surface area contributed by atoms with Crippen LogP contribution in [0.5, 0.6) is 5.75 Å². The van der Waals surface area contributed by atoms with Crippen molar-refractivity contribution in [1.29, 1.82) is 0 Å². The topological polar surface area (TPSA) is 20.2 Å². The van der Waals surface area contributed by atoms with E-state index in [0.717, 1.165) is 5.56 Å². The molecule has 0 aliphatic carbocycles. The molecule has 1 unspecified atom stereocenters. The molecule has 0 aromatic heterocycles. The lowest BCUT2D eigenvalue weighted by molar-refractivity contribution is 0.452. The van der Waals surface area contributed by atoms with Crippen LogP contribution in [0, 0.1) is 12.8 Å². The average molecular weight is 240 g/mol. The van der Waals surface area contributed by atoms with Crippen LogP contribution in [0.1, 0.15) is 36.5 Å². The minimum Gasteiger partial charge on any atom is -0.508 e. The van der Waals surface area contributed by atoms with Crippen LogP contribution >= 0.6 is 0 Å². The molecule has 0 spiro atoms. The monoisotopic (exact) mass is 240 g/mol. The van der Waals surface area contributed by atoms with Crippen LogP contribution < -0.4 is 0 Å². The van der Waals surface area contributed by atoms with E-state index in [2.05, 4.69) is 51.1 Å². The van der Waals surface area contributed by atoms with Crippen LogP contribution in [0.25, 0.3) is 0 Å². The predicted molar refractivity (Wildman–Crippen MR) is 76.0 cm³/mol. The summed E-state index contributed by atoms with van der Waals surface area (Å²) >= 11 is 0. The maximum absolute atomic E-state index is 10.1. The van der Waals surface area contributed by atoms with Crippen molar-refractivity contribution in [1.82, 2.24) is 0 Å². The van der Waals surface area contributed by atoms with Crippen molar-refractivity contribution in [3.63, 3.8) is 0 Å². The van der Waals surface area contributed by atoms with Gasteiger partial charge < -0.3 is 5.11 Å². The van der Waals surface area contributed by atoms with E-state index in [9.17, 15) is 5.11 Å². The third-order valence-electron chi connectivity index (χ3n) is 3.34. The van der Waals surface area contributed by atoms with Crippen LogP contribution in [-0.2, 0) is 0 Å². The molecule has 0 bridgehead atoms. The molecular formula is C17H20O. The Balaban J connectivity index is 2.52. The van der Waals surface area contributed by atoms with Crippen LogP contribution in [0.2, 0.25) is 0 Å². The zero-order valence-corrected chi connectivity index (χ0v) is 11.2. The van der Waals surface area contributed by atoms with Gasteiger partial charge in [0, 0.05) is 11.5 Å². The first-order chi connectivity index (χ1) is 8.59. The van der Waals surface area contributed by atoms with E-state index in [1.807, 2.05) is 12.1 Å². The third-order valence-corrected chi connectivity index (χ3v) is 3.34. The molecule has 94 valence electrons. The first kappa shape index (κ1) is 12.7. The molecular weight excluding hydrogens is 220 g/mol. The summed E-state index contributed by atoms with van der Waals surface area (Å²) in [5.41, 5.74) is 3.47. The quantitative estimate of drug-likeness (QED) is 0.838. The molecule has 0 amide bonds.